The third kappa shape index (κ3) is 1.97. The van der Waals surface area contributed by atoms with Gasteiger partial charge in [-0.3, -0.25) is 19.0 Å². The molecule has 118 valence electrons. The molecule has 6 heteroatoms. The van der Waals surface area contributed by atoms with Gasteiger partial charge in [-0.25, -0.2) is 4.57 Å². The Bertz CT molecular complexity index is 1270. The van der Waals surface area contributed by atoms with Gasteiger partial charge in [-0.15, -0.1) is 11.3 Å². The van der Waals surface area contributed by atoms with Crippen molar-refractivity contribution in [2.45, 2.75) is 6.92 Å². The lowest BCUT2D eigenvalue weighted by Crippen LogP contribution is -2.25. The monoisotopic (exact) mass is 336 g/mol. The Morgan fingerprint density at radius 2 is 1.58 bits per heavy atom. The maximum absolute atomic E-state index is 12.9. The van der Waals surface area contributed by atoms with Gasteiger partial charge in [-0.05, 0) is 24.3 Å². The number of hydrogen-bond donors (Lipinski definition) is 0. The zero-order valence-electron chi connectivity index (χ0n) is 12.7. The minimum absolute atomic E-state index is 0.139. The van der Waals surface area contributed by atoms with Crippen molar-refractivity contribution in [1.82, 2.24) is 9.13 Å². The third-order valence-corrected chi connectivity index (χ3v) is 5.03. The Morgan fingerprint density at radius 1 is 0.917 bits per heavy atom. The molecule has 2 aromatic carbocycles. The first-order chi connectivity index (χ1) is 11.6. The molecule has 0 atom stereocenters. The van der Waals surface area contributed by atoms with Crippen LogP contribution in [-0.4, -0.2) is 15.0 Å². The number of para-hydroxylation sites is 2. The number of carbonyl (C=O) groups is 1. The second-order valence-corrected chi connectivity index (χ2v) is 6.44. The lowest BCUT2D eigenvalue weighted by Gasteiger charge is -2.06. The summed E-state index contributed by atoms with van der Waals surface area (Å²) in [7, 11) is 0. The molecule has 4 rings (SSSR count). The molecule has 0 saturated heterocycles. The van der Waals surface area contributed by atoms with Crippen LogP contribution in [-0.2, 0) is 0 Å². The molecule has 0 radical (unpaired) electrons. The largest absolute Gasteiger partial charge is 0.284 e. The molecule has 0 amide bonds. The van der Waals surface area contributed by atoms with Gasteiger partial charge in [0.05, 0.1) is 15.9 Å². The van der Waals surface area contributed by atoms with E-state index in [0.29, 0.717) is 11.2 Å². The Morgan fingerprint density at radius 3 is 2.29 bits per heavy atom. The average molecular weight is 336 g/mol. The van der Waals surface area contributed by atoms with Gasteiger partial charge in [-0.1, -0.05) is 30.3 Å². The molecule has 2 aromatic rings. The Kier molecular flexibility index (Phi) is 3.21. The molecule has 5 nitrogen and oxygen atoms in total. The van der Waals surface area contributed by atoms with Gasteiger partial charge in [0.25, 0.3) is 11.1 Å². The van der Waals surface area contributed by atoms with Crippen LogP contribution in [0.15, 0.2) is 64.2 Å². The lowest BCUT2D eigenvalue weighted by molar-refractivity contribution is 0.0938. The number of nitrogens with zero attached hydrogens (tertiary/aromatic N) is 2. The summed E-state index contributed by atoms with van der Waals surface area (Å²) < 4.78 is 3.53. The van der Waals surface area contributed by atoms with Crippen molar-refractivity contribution in [2.75, 3.05) is 0 Å². The van der Waals surface area contributed by atoms with E-state index in [0.717, 1.165) is 9.27 Å². The van der Waals surface area contributed by atoms with E-state index in [1.807, 2.05) is 18.2 Å². The molecular formula is C18H12N2O3S. The number of benzene rings is 2. The van der Waals surface area contributed by atoms with Crippen LogP contribution in [0.5, 0.6) is 0 Å². The highest BCUT2D eigenvalue weighted by molar-refractivity contribution is 7.16. The number of carbonyl (C=O) groups excluding carboxylic acids is 1. The highest BCUT2D eigenvalue weighted by Gasteiger charge is 2.18. The summed E-state index contributed by atoms with van der Waals surface area (Å²) >= 11 is 1.23. The Labute approximate surface area is 139 Å². The SMILES string of the molecule is CC(=O)n1c2c(=O)n(-c3ccccc3)c(=O)c=2sc2ccccc21. The average Bonchev–Trinajstić information content (AvgIpc) is 2.84. The van der Waals surface area contributed by atoms with Crippen molar-refractivity contribution in [3.05, 3.63) is 85.2 Å². The smallest absolute Gasteiger partial charge is 0.274 e. The topological polar surface area (TPSA) is 61.1 Å². The summed E-state index contributed by atoms with van der Waals surface area (Å²) in [6.45, 7) is 1.39. The molecule has 0 unspecified atom stereocenters. The van der Waals surface area contributed by atoms with E-state index in [9.17, 15) is 14.4 Å². The summed E-state index contributed by atoms with van der Waals surface area (Å²) in [6.07, 6.45) is 0. The van der Waals surface area contributed by atoms with E-state index in [1.54, 1.807) is 36.4 Å². The van der Waals surface area contributed by atoms with Gasteiger partial charge in [0, 0.05) is 6.92 Å². The quantitative estimate of drug-likeness (QED) is 0.537. The van der Waals surface area contributed by atoms with E-state index in [-0.39, 0.29) is 15.8 Å². The van der Waals surface area contributed by atoms with Crippen molar-refractivity contribution in [1.29, 1.82) is 0 Å². The molecule has 0 spiro atoms. The van der Waals surface area contributed by atoms with Crippen LogP contribution in [0.4, 0.5) is 0 Å². The molecule has 0 bridgehead atoms. The van der Waals surface area contributed by atoms with E-state index in [2.05, 4.69) is 0 Å². The number of fused-ring (bicyclic) bond motifs is 1. The fraction of sp³-hybridized carbons (Fsp3) is 0.0556. The third-order valence-electron chi connectivity index (χ3n) is 3.89. The van der Waals surface area contributed by atoms with Crippen LogP contribution in [0, 0.1) is 9.88 Å². The highest BCUT2D eigenvalue weighted by atomic mass is 32.1. The molecule has 0 saturated carbocycles. The zero-order chi connectivity index (χ0) is 16.8. The highest BCUT2D eigenvalue weighted by Crippen LogP contribution is 2.20. The van der Waals surface area contributed by atoms with Crippen LogP contribution in [0.25, 0.3) is 15.9 Å². The van der Waals surface area contributed by atoms with Crippen LogP contribution >= 0.6 is 11.3 Å². The standard InChI is InChI=1S/C18H12N2O3S/c1-11(21)19-13-9-5-6-10-14(13)24-16-15(19)17(22)20(18(16)23)12-7-3-2-4-8-12/h2-10H,1H3. The maximum Gasteiger partial charge on any atom is 0.284 e. The lowest BCUT2D eigenvalue weighted by atomic mass is 10.3. The molecule has 0 fully saturated rings. The van der Waals surface area contributed by atoms with Gasteiger partial charge in [-0.2, -0.15) is 0 Å². The summed E-state index contributed by atoms with van der Waals surface area (Å²) in [4.78, 5) is 37.9. The molecular weight excluding hydrogens is 324 g/mol. The minimum Gasteiger partial charge on any atom is -0.274 e. The number of hydrogen-bond acceptors (Lipinski definition) is 4. The number of rotatable bonds is 1. The van der Waals surface area contributed by atoms with Gasteiger partial charge in [0.15, 0.2) is 0 Å². The van der Waals surface area contributed by atoms with Crippen LogP contribution in [0.1, 0.15) is 11.7 Å². The molecule has 2 heterocycles. The first kappa shape index (κ1) is 14.6. The molecule has 0 N–H and O–H groups in total. The first-order valence-electron chi connectivity index (χ1n) is 7.35. The summed E-state index contributed by atoms with van der Waals surface area (Å²) in [5.74, 6) is -0.300. The minimum atomic E-state index is -0.474. The predicted octanol–water partition coefficient (Wildman–Crippen LogP) is 2.60. The molecule has 2 aliphatic heterocycles. The van der Waals surface area contributed by atoms with Gasteiger partial charge in [0.2, 0.25) is 5.91 Å². The fourth-order valence-electron chi connectivity index (χ4n) is 2.88. The molecule has 0 aliphatic carbocycles. The predicted molar refractivity (Wildman–Crippen MR) is 93.3 cm³/mol. The normalized spacial score (nSPS) is 11.2. The van der Waals surface area contributed by atoms with Crippen LogP contribution in [0.3, 0.4) is 0 Å². The summed E-state index contributed by atoms with van der Waals surface area (Å²) in [5, 5.41) is 0.139. The molecule has 24 heavy (non-hydrogen) atoms. The van der Waals surface area contributed by atoms with Crippen molar-refractivity contribution < 1.29 is 4.79 Å². The van der Waals surface area contributed by atoms with Crippen molar-refractivity contribution in [3.63, 3.8) is 0 Å². The van der Waals surface area contributed by atoms with Crippen LogP contribution in [0.2, 0.25) is 0 Å². The maximum atomic E-state index is 12.9. The Hall–Kier alpha value is -2.99. The second-order valence-electron chi connectivity index (χ2n) is 5.38. The van der Waals surface area contributed by atoms with E-state index in [4.69, 9.17) is 0 Å². The van der Waals surface area contributed by atoms with Crippen molar-refractivity contribution in [3.8, 4) is 5.69 Å². The van der Waals surface area contributed by atoms with Crippen molar-refractivity contribution in [2.24, 2.45) is 0 Å². The van der Waals surface area contributed by atoms with Gasteiger partial charge < -0.3 is 0 Å². The van der Waals surface area contributed by atoms with Crippen molar-refractivity contribution >= 4 is 27.5 Å². The van der Waals surface area contributed by atoms with E-state index < -0.39 is 11.1 Å². The van der Waals surface area contributed by atoms with Gasteiger partial charge in [0.1, 0.15) is 9.88 Å². The number of aromatic nitrogens is 2. The fourth-order valence-corrected chi connectivity index (χ4v) is 3.97. The molecule has 0 aromatic heterocycles. The second kappa shape index (κ2) is 5.28. The zero-order valence-corrected chi connectivity index (χ0v) is 13.5. The summed E-state index contributed by atoms with van der Waals surface area (Å²) in [6, 6.07) is 16.0. The first-order valence-corrected chi connectivity index (χ1v) is 8.17. The Balaban J connectivity index is 2.30. The van der Waals surface area contributed by atoms with Crippen LogP contribution < -0.4 is 11.1 Å². The van der Waals surface area contributed by atoms with E-state index in [1.165, 1.54) is 22.8 Å². The summed E-state index contributed by atoms with van der Waals surface area (Å²) in [5.41, 5.74) is 0.255. The van der Waals surface area contributed by atoms with Gasteiger partial charge >= 0.3 is 0 Å². The molecule has 2 aliphatic rings. The van der Waals surface area contributed by atoms with E-state index >= 15 is 0 Å².